The Morgan fingerprint density at radius 3 is 2.61 bits per heavy atom. The summed E-state index contributed by atoms with van der Waals surface area (Å²) in [5.41, 5.74) is 2.45. The van der Waals surface area contributed by atoms with E-state index in [9.17, 15) is 4.79 Å². The van der Waals surface area contributed by atoms with Gasteiger partial charge in [0.1, 0.15) is 5.54 Å². The standard InChI is InChI=1S/C15H23NO2/c1-6-9-16-15(4,14(17)18-5)13-10-11(2)7-8-12(13)3/h7-8,10,16H,6,9H2,1-5H3. The van der Waals surface area contributed by atoms with Crippen LogP contribution < -0.4 is 5.32 Å². The van der Waals surface area contributed by atoms with Crippen molar-refractivity contribution in [2.75, 3.05) is 13.7 Å². The van der Waals surface area contributed by atoms with E-state index in [1.807, 2.05) is 26.8 Å². The Morgan fingerprint density at radius 2 is 2.06 bits per heavy atom. The maximum Gasteiger partial charge on any atom is 0.330 e. The molecule has 0 amide bonds. The maximum absolute atomic E-state index is 12.1. The van der Waals surface area contributed by atoms with Gasteiger partial charge in [-0.25, -0.2) is 4.79 Å². The number of aryl methyl sites for hydroxylation is 2. The summed E-state index contributed by atoms with van der Waals surface area (Å²) in [6.45, 7) is 8.78. The second-order valence-corrected chi connectivity index (χ2v) is 4.86. The van der Waals surface area contributed by atoms with Crippen molar-refractivity contribution in [3.8, 4) is 0 Å². The quantitative estimate of drug-likeness (QED) is 0.815. The number of rotatable bonds is 5. The number of methoxy groups -OCH3 is 1. The lowest BCUT2D eigenvalue weighted by atomic mass is 9.87. The fraction of sp³-hybridized carbons (Fsp3) is 0.533. The SMILES string of the molecule is CCCNC(C)(C(=O)OC)c1cc(C)ccc1C. The molecule has 0 bridgehead atoms. The van der Waals surface area contributed by atoms with Crippen LogP contribution in [0.1, 0.15) is 37.0 Å². The number of carbonyl (C=O) groups excluding carboxylic acids is 1. The first-order chi connectivity index (χ1) is 8.45. The van der Waals surface area contributed by atoms with Gasteiger partial charge >= 0.3 is 5.97 Å². The predicted octanol–water partition coefficient (Wildman–Crippen LogP) is 2.69. The first-order valence-electron chi connectivity index (χ1n) is 6.37. The Kier molecular flexibility index (Phi) is 4.91. The van der Waals surface area contributed by atoms with Gasteiger partial charge in [0.05, 0.1) is 7.11 Å². The number of esters is 1. The van der Waals surface area contributed by atoms with Crippen molar-refractivity contribution in [3.63, 3.8) is 0 Å². The first kappa shape index (κ1) is 14.7. The van der Waals surface area contributed by atoms with E-state index in [0.717, 1.165) is 29.7 Å². The highest BCUT2D eigenvalue weighted by atomic mass is 16.5. The largest absolute Gasteiger partial charge is 0.467 e. The van der Waals surface area contributed by atoms with Gasteiger partial charge in [0, 0.05) is 0 Å². The van der Waals surface area contributed by atoms with Crippen LogP contribution in [0.3, 0.4) is 0 Å². The molecule has 1 unspecified atom stereocenters. The second-order valence-electron chi connectivity index (χ2n) is 4.86. The van der Waals surface area contributed by atoms with Crippen molar-refractivity contribution in [3.05, 3.63) is 34.9 Å². The van der Waals surface area contributed by atoms with Crippen LogP contribution in [0.5, 0.6) is 0 Å². The summed E-state index contributed by atoms with van der Waals surface area (Å²) in [7, 11) is 1.43. The summed E-state index contributed by atoms with van der Waals surface area (Å²) < 4.78 is 4.96. The summed E-state index contributed by atoms with van der Waals surface area (Å²) in [4.78, 5) is 12.1. The Labute approximate surface area is 110 Å². The monoisotopic (exact) mass is 249 g/mol. The van der Waals surface area contributed by atoms with Gasteiger partial charge in [-0.15, -0.1) is 0 Å². The normalized spacial score (nSPS) is 14.1. The number of ether oxygens (including phenoxy) is 1. The minimum absolute atomic E-state index is 0.246. The van der Waals surface area contributed by atoms with E-state index in [1.165, 1.54) is 7.11 Å². The molecule has 0 aliphatic carbocycles. The van der Waals surface area contributed by atoms with Gasteiger partial charge < -0.3 is 4.74 Å². The van der Waals surface area contributed by atoms with Crippen molar-refractivity contribution in [1.29, 1.82) is 0 Å². The lowest BCUT2D eigenvalue weighted by molar-refractivity contribution is -0.148. The molecule has 0 saturated carbocycles. The van der Waals surface area contributed by atoms with Gasteiger partial charge in [-0.1, -0.05) is 30.7 Å². The van der Waals surface area contributed by atoms with Crippen molar-refractivity contribution in [2.45, 2.75) is 39.7 Å². The molecule has 3 nitrogen and oxygen atoms in total. The fourth-order valence-corrected chi connectivity index (χ4v) is 2.13. The molecule has 1 aromatic rings. The molecule has 0 aliphatic rings. The Balaban J connectivity index is 3.24. The van der Waals surface area contributed by atoms with E-state index in [1.54, 1.807) is 0 Å². The molecule has 0 saturated heterocycles. The van der Waals surface area contributed by atoms with Crippen molar-refractivity contribution in [2.24, 2.45) is 0 Å². The van der Waals surface area contributed by atoms with Crippen LogP contribution in [0.2, 0.25) is 0 Å². The molecule has 1 N–H and O–H groups in total. The minimum atomic E-state index is -0.777. The van der Waals surface area contributed by atoms with E-state index >= 15 is 0 Å². The van der Waals surface area contributed by atoms with Crippen LogP contribution in [0.15, 0.2) is 18.2 Å². The molecule has 100 valence electrons. The average Bonchev–Trinajstić information content (AvgIpc) is 2.37. The molecule has 18 heavy (non-hydrogen) atoms. The summed E-state index contributed by atoms with van der Waals surface area (Å²) >= 11 is 0. The zero-order valence-corrected chi connectivity index (χ0v) is 12.0. The van der Waals surface area contributed by atoms with Crippen LogP contribution in [0.4, 0.5) is 0 Å². The molecule has 0 heterocycles. The molecular formula is C15H23NO2. The van der Waals surface area contributed by atoms with Crippen LogP contribution >= 0.6 is 0 Å². The third-order valence-corrected chi connectivity index (χ3v) is 3.25. The van der Waals surface area contributed by atoms with E-state index in [0.29, 0.717) is 0 Å². The third-order valence-electron chi connectivity index (χ3n) is 3.25. The fourth-order valence-electron chi connectivity index (χ4n) is 2.13. The Bertz CT molecular complexity index is 429. The minimum Gasteiger partial charge on any atom is -0.467 e. The molecule has 0 fully saturated rings. The molecule has 1 rings (SSSR count). The highest BCUT2D eigenvalue weighted by Crippen LogP contribution is 2.26. The molecule has 0 aromatic heterocycles. The van der Waals surface area contributed by atoms with Crippen molar-refractivity contribution in [1.82, 2.24) is 5.32 Å². The van der Waals surface area contributed by atoms with E-state index < -0.39 is 5.54 Å². The van der Waals surface area contributed by atoms with Gasteiger partial charge in [0.15, 0.2) is 0 Å². The zero-order valence-electron chi connectivity index (χ0n) is 12.0. The van der Waals surface area contributed by atoms with Crippen LogP contribution in [0.25, 0.3) is 0 Å². The predicted molar refractivity (Wildman–Crippen MR) is 73.6 cm³/mol. The number of hydrogen-bond donors (Lipinski definition) is 1. The highest BCUT2D eigenvalue weighted by molar-refractivity contribution is 5.82. The number of nitrogens with one attached hydrogen (secondary N) is 1. The third kappa shape index (κ3) is 2.91. The molecular weight excluding hydrogens is 226 g/mol. The van der Waals surface area contributed by atoms with Gasteiger partial charge in [0.2, 0.25) is 0 Å². The molecule has 0 aliphatic heterocycles. The smallest absolute Gasteiger partial charge is 0.330 e. The van der Waals surface area contributed by atoms with Crippen molar-refractivity contribution < 1.29 is 9.53 Å². The Morgan fingerprint density at radius 1 is 1.39 bits per heavy atom. The molecule has 0 radical (unpaired) electrons. The lowest BCUT2D eigenvalue weighted by Gasteiger charge is -2.30. The lowest BCUT2D eigenvalue weighted by Crippen LogP contribution is -2.48. The molecule has 3 heteroatoms. The van der Waals surface area contributed by atoms with Gasteiger partial charge in [-0.2, -0.15) is 0 Å². The molecule has 1 atom stereocenters. The number of hydrogen-bond acceptors (Lipinski definition) is 3. The first-order valence-corrected chi connectivity index (χ1v) is 6.37. The molecule has 1 aromatic carbocycles. The summed E-state index contributed by atoms with van der Waals surface area (Å²) in [5.74, 6) is -0.246. The van der Waals surface area contributed by atoms with Gasteiger partial charge in [-0.3, -0.25) is 5.32 Å². The van der Waals surface area contributed by atoms with E-state index in [4.69, 9.17) is 4.74 Å². The van der Waals surface area contributed by atoms with Crippen molar-refractivity contribution >= 4 is 5.97 Å². The topological polar surface area (TPSA) is 38.3 Å². The average molecular weight is 249 g/mol. The zero-order chi connectivity index (χ0) is 13.8. The maximum atomic E-state index is 12.1. The van der Waals surface area contributed by atoms with Crippen LogP contribution in [-0.2, 0) is 15.1 Å². The molecule has 0 spiro atoms. The second kappa shape index (κ2) is 6.01. The van der Waals surface area contributed by atoms with Gasteiger partial charge in [-0.05, 0) is 44.9 Å². The van der Waals surface area contributed by atoms with E-state index in [-0.39, 0.29) is 5.97 Å². The van der Waals surface area contributed by atoms with Crippen LogP contribution in [0, 0.1) is 13.8 Å². The summed E-state index contributed by atoms with van der Waals surface area (Å²) in [5, 5.41) is 3.31. The van der Waals surface area contributed by atoms with E-state index in [2.05, 4.69) is 24.4 Å². The Hall–Kier alpha value is -1.35. The van der Waals surface area contributed by atoms with Crippen LogP contribution in [-0.4, -0.2) is 19.6 Å². The summed E-state index contributed by atoms with van der Waals surface area (Å²) in [6.07, 6.45) is 0.970. The highest BCUT2D eigenvalue weighted by Gasteiger charge is 2.36. The number of benzene rings is 1. The van der Waals surface area contributed by atoms with Gasteiger partial charge in [0.25, 0.3) is 0 Å². The number of carbonyl (C=O) groups is 1. The summed E-state index contributed by atoms with van der Waals surface area (Å²) in [6, 6.07) is 6.14.